The topological polar surface area (TPSA) is 179 Å². The summed E-state index contributed by atoms with van der Waals surface area (Å²) in [5.74, 6) is -0.282. The number of ether oxygens (including phenoxy) is 5. The number of halogens is 4. The van der Waals surface area contributed by atoms with Gasteiger partial charge in [-0.15, -0.1) is 0 Å². The Morgan fingerprint density at radius 2 is 0.901 bits per heavy atom. The Hall–Kier alpha value is -3.08. The molecule has 0 amide bonds. The zero-order chi connectivity index (χ0) is 51.0. The Kier molecular flexibility index (Phi) is 22.6. The van der Waals surface area contributed by atoms with E-state index in [9.17, 15) is 26.4 Å². The van der Waals surface area contributed by atoms with E-state index in [0.29, 0.717) is 59.2 Å². The van der Waals surface area contributed by atoms with Crippen LogP contribution in [0.25, 0.3) is 0 Å². The lowest BCUT2D eigenvalue weighted by atomic mass is 9.85. The molecule has 0 aliphatic carbocycles. The molecule has 71 heavy (non-hydrogen) atoms. The molecule has 388 valence electrons. The van der Waals surface area contributed by atoms with Crippen LogP contribution in [-0.2, 0) is 66.4 Å². The molecule has 6 rings (SSSR count). The van der Waals surface area contributed by atoms with Crippen molar-refractivity contribution in [1.29, 1.82) is 0 Å². The predicted octanol–water partition coefficient (Wildman–Crippen LogP) is 7.49. The molecule has 0 saturated carbocycles. The lowest BCUT2D eigenvalue weighted by Crippen LogP contribution is -2.31. The molecule has 15 nitrogen and oxygen atoms in total. The number of carbonyl (C=O) groups is 2. The van der Waals surface area contributed by atoms with E-state index >= 15 is 0 Å². The van der Waals surface area contributed by atoms with Crippen LogP contribution in [0.1, 0.15) is 70.9 Å². The molecule has 21 heteroatoms. The van der Waals surface area contributed by atoms with E-state index in [2.05, 4.69) is 19.2 Å². The first-order valence-electron chi connectivity index (χ1n) is 23.4. The molecule has 0 spiro atoms. The fourth-order valence-electron chi connectivity index (χ4n) is 8.49. The van der Waals surface area contributed by atoms with Gasteiger partial charge >= 0.3 is 0 Å². The zero-order valence-corrected chi connectivity index (χ0v) is 44.6. The van der Waals surface area contributed by atoms with Crippen LogP contribution < -0.4 is 9.44 Å². The van der Waals surface area contributed by atoms with Crippen molar-refractivity contribution in [1.82, 2.24) is 19.2 Å². The predicted molar refractivity (Wildman–Crippen MR) is 275 cm³/mol. The number of ketones is 2. The summed E-state index contributed by atoms with van der Waals surface area (Å²) in [6.45, 7) is 4.82. The smallest absolute Gasteiger partial charge is 0.240 e. The van der Waals surface area contributed by atoms with Crippen molar-refractivity contribution in [2.75, 3.05) is 106 Å². The summed E-state index contributed by atoms with van der Waals surface area (Å²) in [7, 11) is -3.45. The average molecular weight is 1100 g/mol. The zero-order valence-electron chi connectivity index (χ0n) is 39.9. The van der Waals surface area contributed by atoms with Crippen LogP contribution >= 0.6 is 46.4 Å². The maximum Gasteiger partial charge on any atom is 0.240 e. The minimum Gasteiger partial charge on any atom is -0.379 e. The number of benzene rings is 4. The molecule has 2 N–H and O–H groups in total. The second kappa shape index (κ2) is 28.0. The molecule has 0 saturated heterocycles. The minimum absolute atomic E-state index is 0.00127. The first kappa shape index (κ1) is 57.2. The molecular weight excluding hydrogens is 1040 g/mol. The lowest BCUT2D eigenvalue weighted by Gasteiger charge is -2.33. The first-order valence-corrected chi connectivity index (χ1v) is 27.9. The van der Waals surface area contributed by atoms with Gasteiger partial charge in [-0.2, -0.15) is 0 Å². The number of carbonyl (C=O) groups excluding carboxylic acids is 2. The molecule has 0 fully saturated rings. The molecule has 0 unspecified atom stereocenters. The largest absolute Gasteiger partial charge is 0.379 e. The second-order valence-corrected chi connectivity index (χ2v) is 22.8. The van der Waals surface area contributed by atoms with E-state index < -0.39 is 20.0 Å². The number of rotatable bonds is 30. The SMILES string of the molecule is CN1Cc2c(Cl)cc(Cl)cc2[C@H](c2ccc(S(=O)(=O)NCCOCCOCCCC(=O)COCC(=O)CCCOCCOCCNS(=O)(=O)c3ccc([C@@H]4CN(C)Cc5c(Cl)cc(Cl)cc54)cc3)cc2)C1. The van der Waals surface area contributed by atoms with Gasteiger partial charge in [-0.3, -0.25) is 9.59 Å². The highest BCUT2D eigenvalue weighted by Crippen LogP contribution is 2.40. The van der Waals surface area contributed by atoms with Gasteiger partial charge in [0.25, 0.3) is 0 Å². The quantitative estimate of drug-likeness (QED) is 0.0491. The van der Waals surface area contributed by atoms with Gasteiger partial charge in [0.1, 0.15) is 13.2 Å². The van der Waals surface area contributed by atoms with Crippen LogP contribution in [0.3, 0.4) is 0 Å². The number of Topliss-reactive ketones (excluding diaryl/α,β-unsaturated/α-hetero) is 2. The first-order chi connectivity index (χ1) is 34.0. The Bertz CT molecular complexity index is 2450. The van der Waals surface area contributed by atoms with Crippen molar-refractivity contribution < 1.29 is 50.1 Å². The Labute approximate surface area is 437 Å². The molecule has 2 heterocycles. The molecule has 0 aromatic heterocycles. The van der Waals surface area contributed by atoms with E-state index in [1.807, 2.05) is 50.5 Å². The van der Waals surface area contributed by atoms with Gasteiger partial charge in [-0.05, 0) is 109 Å². The van der Waals surface area contributed by atoms with Crippen LogP contribution in [0.5, 0.6) is 0 Å². The van der Waals surface area contributed by atoms with Gasteiger partial charge in [0.2, 0.25) is 20.0 Å². The molecule has 2 aliphatic heterocycles. The maximum atomic E-state index is 12.9. The summed E-state index contributed by atoms with van der Waals surface area (Å²) in [4.78, 5) is 29.0. The number of nitrogens with one attached hydrogen (secondary N) is 2. The summed E-state index contributed by atoms with van der Waals surface area (Å²) in [5.41, 5.74) is 6.08. The third-order valence-corrected chi connectivity index (χ3v) is 16.1. The number of likely N-dealkylation sites (N-methyl/N-ethyl adjacent to an activating group) is 2. The highest BCUT2D eigenvalue weighted by atomic mass is 35.5. The monoisotopic (exact) mass is 1100 g/mol. The van der Waals surface area contributed by atoms with Gasteiger partial charge in [0.15, 0.2) is 11.6 Å². The molecule has 2 aliphatic rings. The lowest BCUT2D eigenvalue weighted by molar-refractivity contribution is -0.129. The number of hydrogen-bond donors (Lipinski definition) is 2. The number of sulfonamides is 2. The number of fused-ring (bicyclic) bond motifs is 2. The molecule has 4 aromatic carbocycles. The van der Waals surface area contributed by atoms with Gasteiger partial charge < -0.3 is 33.5 Å². The maximum absolute atomic E-state index is 12.9. The van der Waals surface area contributed by atoms with E-state index in [1.165, 1.54) is 0 Å². The van der Waals surface area contributed by atoms with Gasteiger partial charge in [-0.1, -0.05) is 70.7 Å². The van der Waals surface area contributed by atoms with Crippen LogP contribution in [0.2, 0.25) is 20.1 Å². The Morgan fingerprint density at radius 1 is 0.535 bits per heavy atom. The Balaban J connectivity index is 0.718. The van der Waals surface area contributed by atoms with E-state index in [1.54, 1.807) is 36.4 Å². The fourth-order valence-corrected chi connectivity index (χ4v) is 11.7. The number of nitrogens with zero attached hydrogens (tertiary/aromatic N) is 2. The standard InChI is InChI=1S/C50H62Cl4N4O11S2/c1-57-29-45(43-25-37(51)27-49(53)47(43)31-57)35-7-11-41(12-8-35)70(61,62)55-15-19-67-23-21-65-17-3-5-39(59)33-69-34-40(60)6-4-18-66-22-24-68-20-16-56-71(63,64)42-13-9-36(10-14-42)46-30-58(2)32-48-44(46)26-38(52)28-50(48)54/h7-14,25-28,45-46,55-56H,3-6,15-24,29-34H2,1-2H3/t45-,46-/m0/s1. The van der Waals surface area contributed by atoms with E-state index in [4.69, 9.17) is 70.1 Å². The van der Waals surface area contributed by atoms with Gasteiger partial charge in [0, 0.05) is 97.3 Å². The van der Waals surface area contributed by atoms with Crippen molar-refractivity contribution in [2.24, 2.45) is 0 Å². The summed E-state index contributed by atoms with van der Waals surface area (Å²) in [5, 5.41) is 2.37. The van der Waals surface area contributed by atoms with Crippen LogP contribution in [0.15, 0.2) is 82.6 Å². The summed E-state index contributed by atoms with van der Waals surface area (Å²) in [6, 6.07) is 21.0. The molecule has 0 radical (unpaired) electrons. The Morgan fingerprint density at radius 3 is 1.28 bits per heavy atom. The summed E-state index contributed by atoms with van der Waals surface area (Å²) >= 11 is 25.6. The van der Waals surface area contributed by atoms with E-state index in [-0.39, 0.29) is 112 Å². The van der Waals surface area contributed by atoms with Crippen molar-refractivity contribution in [3.05, 3.63) is 126 Å². The molecule has 2 atom stereocenters. The highest BCUT2D eigenvalue weighted by molar-refractivity contribution is 7.89. The van der Waals surface area contributed by atoms with Gasteiger partial charge in [0.05, 0.1) is 49.4 Å². The normalized spacial score (nSPS) is 16.5. The molecule has 0 bridgehead atoms. The van der Waals surface area contributed by atoms with Crippen molar-refractivity contribution in [3.63, 3.8) is 0 Å². The third kappa shape index (κ3) is 17.5. The minimum atomic E-state index is -3.75. The fraction of sp³-hybridized carbons (Fsp3) is 0.480. The number of hydrogen-bond acceptors (Lipinski definition) is 13. The van der Waals surface area contributed by atoms with Crippen LogP contribution in [0, 0.1) is 0 Å². The van der Waals surface area contributed by atoms with Crippen LogP contribution in [-0.4, -0.2) is 145 Å². The summed E-state index contributed by atoms with van der Waals surface area (Å²) in [6.07, 6.45) is 1.44. The van der Waals surface area contributed by atoms with E-state index in [0.717, 1.165) is 46.5 Å². The molecule has 4 aromatic rings. The molecular formula is C50H62Cl4N4O11S2. The second-order valence-electron chi connectivity index (χ2n) is 17.6. The third-order valence-electron chi connectivity index (χ3n) is 12.0. The highest BCUT2D eigenvalue weighted by Gasteiger charge is 2.29. The average Bonchev–Trinajstić information content (AvgIpc) is 3.33. The van der Waals surface area contributed by atoms with Crippen molar-refractivity contribution in [3.8, 4) is 0 Å². The van der Waals surface area contributed by atoms with Crippen molar-refractivity contribution >= 4 is 78.0 Å². The van der Waals surface area contributed by atoms with Crippen LogP contribution in [0.4, 0.5) is 0 Å². The van der Waals surface area contributed by atoms with Crippen molar-refractivity contribution in [2.45, 2.75) is 60.4 Å². The summed E-state index contributed by atoms with van der Waals surface area (Å²) < 4.78 is 84.1. The van der Waals surface area contributed by atoms with Gasteiger partial charge in [-0.25, -0.2) is 26.3 Å².